The number of allylic oxidation sites excluding steroid dienone is 5. The van der Waals surface area contributed by atoms with Crippen molar-refractivity contribution < 1.29 is 0 Å². The molecular weight excluding hydrogens is 653 g/mol. The highest BCUT2D eigenvalue weighted by atomic mass is 15.1. The van der Waals surface area contributed by atoms with Crippen LogP contribution in [0.25, 0.3) is 57.1 Å². The average Bonchev–Trinajstić information content (AvgIpc) is 3.55. The fraction of sp³-hybridized carbons (Fsp3) is 0.192. The molecule has 0 spiro atoms. The van der Waals surface area contributed by atoms with Crippen LogP contribution in [-0.2, 0) is 6.42 Å². The standard InChI is InChI=1S/C48H46N2.2C2H6/c1-6-11-12-19-34-49(40-30-26-38(27-31-40)36-22-15-13-16-23-36)46-35-47-48(42(9-4)43(46)20-7-2)44(21-8-3)45(10-5)50(47)41-32-28-39(29-33-41)37-24-17-14-18-25-37;2*1-2/h6-7,10-35H,1,8-9H2,2-5H3;2*1-2H3/b12-11-,20-7-,34-19-,44-21+,45-10+;;. The van der Waals surface area contributed by atoms with Crippen LogP contribution in [0.2, 0.25) is 0 Å². The van der Waals surface area contributed by atoms with Crippen molar-refractivity contribution in [3.63, 3.8) is 0 Å². The van der Waals surface area contributed by atoms with E-state index in [9.17, 15) is 0 Å². The van der Waals surface area contributed by atoms with Crippen LogP contribution in [0.3, 0.4) is 0 Å². The van der Waals surface area contributed by atoms with Gasteiger partial charge in [0.05, 0.1) is 11.2 Å². The SMILES string of the molecule is C=C/C=C\C=C/N(c1ccc(-c2ccccc2)cc1)c1cc2c(c(CC)c1/C=C\C)c(=C/CC)/c(=C\C)n2-c1ccc(-c2ccccc2)cc1.CC.CC. The summed E-state index contributed by atoms with van der Waals surface area (Å²) in [4.78, 5) is 2.32. The Morgan fingerprint density at radius 1 is 0.667 bits per heavy atom. The first-order valence-electron chi connectivity index (χ1n) is 19.7. The first-order valence-corrected chi connectivity index (χ1v) is 19.7. The molecule has 0 aliphatic rings. The topological polar surface area (TPSA) is 8.17 Å². The highest BCUT2D eigenvalue weighted by Gasteiger charge is 2.21. The molecule has 0 atom stereocenters. The van der Waals surface area contributed by atoms with Crippen LogP contribution in [0.5, 0.6) is 0 Å². The summed E-state index contributed by atoms with van der Waals surface area (Å²) in [6.45, 7) is 20.6. The van der Waals surface area contributed by atoms with E-state index >= 15 is 0 Å². The normalized spacial score (nSPS) is 11.9. The molecule has 0 aliphatic heterocycles. The van der Waals surface area contributed by atoms with Crippen LogP contribution in [0.4, 0.5) is 11.4 Å². The van der Waals surface area contributed by atoms with Crippen LogP contribution in [0.15, 0.2) is 158 Å². The van der Waals surface area contributed by atoms with E-state index in [4.69, 9.17) is 0 Å². The molecule has 2 heteroatoms. The maximum Gasteiger partial charge on any atom is 0.0564 e. The van der Waals surface area contributed by atoms with Crippen LogP contribution in [0.1, 0.15) is 72.9 Å². The van der Waals surface area contributed by atoms with Crippen LogP contribution in [0, 0.1) is 0 Å². The van der Waals surface area contributed by atoms with Gasteiger partial charge in [-0.2, -0.15) is 0 Å². The zero-order valence-corrected chi connectivity index (χ0v) is 33.7. The minimum Gasteiger partial charge on any atom is -0.316 e. The predicted molar refractivity (Wildman–Crippen MR) is 242 cm³/mol. The van der Waals surface area contributed by atoms with Gasteiger partial charge >= 0.3 is 0 Å². The number of anilines is 2. The predicted octanol–water partition coefficient (Wildman–Crippen LogP) is 14.0. The van der Waals surface area contributed by atoms with Gasteiger partial charge in [-0.15, -0.1) is 0 Å². The minimum atomic E-state index is 0.898. The Labute approximate surface area is 325 Å². The number of rotatable bonds is 11. The molecular formula is C52H58N2. The third-order valence-corrected chi connectivity index (χ3v) is 9.17. The lowest BCUT2D eigenvalue weighted by molar-refractivity contribution is 1.06. The summed E-state index contributed by atoms with van der Waals surface area (Å²) in [6, 6.07) is 41.4. The van der Waals surface area contributed by atoms with Crippen molar-refractivity contribution in [1.29, 1.82) is 0 Å². The monoisotopic (exact) mass is 710 g/mol. The lowest BCUT2D eigenvalue weighted by atomic mass is 9.95. The summed E-state index contributed by atoms with van der Waals surface area (Å²) in [5, 5.41) is 3.84. The van der Waals surface area contributed by atoms with E-state index in [0.29, 0.717) is 0 Å². The highest BCUT2D eigenvalue weighted by molar-refractivity contribution is 5.96. The smallest absolute Gasteiger partial charge is 0.0564 e. The second-order valence-corrected chi connectivity index (χ2v) is 12.2. The van der Waals surface area contributed by atoms with Gasteiger partial charge in [0.15, 0.2) is 0 Å². The number of fused-ring (bicyclic) bond motifs is 1. The minimum absolute atomic E-state index is 0.898. The molecule has 6 aromatic rings. The van der Waals surface area contributed by atoms with Crippen molar-refractivity contribution in [2.75, 3.05) is 4.90 Å². The summed E-state index contributed by atoms with van der Waals surface area (Å²) in [6.07, 6.45) is 21.0. The van der Waals surface area contributed by atoms with E-state index in [1.54, 1.807) is 6.08 Å². The van der Waals surface area contributed by atoms with Crippen LogP contribution >= 0.6 is 0 Å². The van der Waals surface area contributed by atoms with Crippen LogP contribution in [-0.4, -0.2) is 4.57 Å². The fourth-order valence-corrected chi connectivity index (χ4v) is 6.93. The van der Waals surface area contributed by atoms with E-state index in [1.165, 1.54) is 54.9 Å². The Morgan fingerprint density at radius 2 is 1.22 bits per heavy atom. The second kappa shape index (κ2) is 21.0. The van der Waals surface area contributed by atoms with Gasteiger partial charge in [0, 0.05) is 39.1 Å². The van der Waals surface area contributed by atoms with Crippen molar-refractivity contribution in [3.8, 4) is 27.9 Å². The Kier molecular flexibility index (Phi) is 15.9. The van der Waals surface area contributed by atoms with E-state index in [-0.39, 0.29) is 0 Å². The Hall–Kier alpha value is -5.86. The lowest BCUT2D eigenvalue weighted by Gasteiger charge is -2.26. The number of hydrogen-bond acceptors (Lipinski definition) is 1. The molecule has 1 aromatic heterocycles. The molecule has 0 N–H and O–H groups in total. The fourth-order valence-electron chi connectivity index (χ4n) is 6.93. The highest BCUT2D eigenvalue weighted by Crippen LogP contribution is 2.38. The molecule has 0 fully saturated rings. The summed E-state index contributed by atoms with van der Waals surface area (Å²) < 4.78 is 2.45. The Bertz CT molecular complexity index is 2280. The van der Waals surface area contributed by atoms with Crippen molar-refractivity contribution in [3.05, 3.63) is 180 Å². The van der Waals surface area contributed by atoms with E-state index in [1.807, 2.05) is 39.8 Å². The zero-order valence-electron chi connectivity index (χ0n) is 33.7. The van der Waals surface area contributed by atoms with Gasteiger partial charge in [0.25, 0.3) is 0 Å². The Balaban J connectivity index is 0.00000157. The maximum atomic E-state index is 3.87. The van der Waals surface area contributed by atoms with Crippen molar-refractivity contribution in [1.82, 2.24) is 4.57 Å². The summed E-state index contributed by atoms with van der Waals surface area (Å²) in [5.74, 6) is 0. The van der Waals surface area contributed by atoms with Gasteiger partial charge in [0.2, 0.25) is 0 Å². The molecule has 0 bridgehead atoms. The van der Waals surface area contributed by atoms with Gasteiger partial charge < -0.3 is 9.47 Å². The molecule has 54 heavy (non-hydrogen) atoms. The lowest BCUT2D eigenvalue weighted by Crippen LogP contribution is -2.28. The molecule has 0 saturated heterocycles. The quantitative estimate of drug-likeness (QED) is 0.122. The third kappa shape index (κ3) is 9.01. The van der Waals surface area contributed by atoms with Gasteiger partial charge in [-0.05, 0) is 90.9 Å². The van der Waals surface area contributed by atoms with Gasteiger partial charge in [-0.3, -0.25) is 0 Å². The number of hydrogen-bond donors (Lipinski definition) is 0. The van der Waals surface area contributed by atoms with Gasteiger partial charge in [0.1, 0.15) is 0 Å². The molecule has 0 unspecified atom stereocenters. The van der Waals surface area contributed by atoms with E-state index in [0.717, 1.165) is 29.9 Å². The first-order chi connectivity index (χ1) is 26.6. The number of benzene rings is 5. The average molecular weight is 711 g/mol. The molecule has 276 valence electrons. The molecule has 0 radical (unpaired) electrons. The molecule has 2 nitrogen and oxygen atoms in total. The molecule has 5 aromatic carbocycles. The summed E-state index contributed by atoms with van der Waals surface area (Å²) in [5.41, 5.74) is 12.0. The van der Waals surface area contributed by atoms with Gasteiger partial charge in [-0.25, -0.2) is 0 Å². The van der Waals surface area contributed by atoms with E-state index < -0.39 is 0 Å². The second-order valence-electron chi connectivity index (χ2n) is 12.2. The molecule has 0 aliphatic carbocycles. The maximum absolute atomic E-state index is 3.87. The number of nitrogens with zero attached hydrogens (tertiary/aromatic N) is 2. The summed E-state index contributed by atoms with van der Waals surface area (Å²) >= 11 is 0. The Morgan fingerprint density at radius 3 is 1.72 bits per heavy atom. The van der Waals surface area contributed by atoms with Crippen LogP contribution < -0.4 is 15.5 Å². The largest absolute Gasteiger partial charge is 0.316 e. The molecule has 6 rings (SSSR count). The number of aryl methyl sites for hydroxylation is 1. The van der Waals surface area contributed by atoms with Crippen molar-refractivity contribution in [2.24, 2.45) is 0 Å². The number of aromatic nitrogens is 1. The summed E-state index contributed by atoms with van der Waals surface area (Å²) in [7, 11) is 0. The first kappa shape index (κ1) is 40.9. The zero-order chi connectivity index (χ0) is 38.9. The van der Waals surface area contributed by atoms with Gasteiger partial charge in [-0.1, -0.05) is 176 Å². The third-order valence-electron chi connectivity index (χ3n) is 9.17. The van der Waals surface area contributed by atoms with E-state index in [2.05, 4.69) is 196 Å². The molecule has 0 amide bonds. The molecule has 1 heterocycles. The van der Waals surface area contributed by atoms with Crippen molar-refractivity contribution in [2.45, 2.75) is 68.2 Å². The molecule has 0 saturated carbocycles. The van der Waals surface area contributed by atoms with Crippen molar-refractivity contribution >= 4 is 40.5 Å².